The minimum Gasteiger partial charge on any atom is -0.492 e. The summed E-state index contributed by atoms with van der Waals surface area (Å²) in [6, 6.07) is 3.31. The third-order valence-corrected chi connectivity index (χ3v) is 9.93. The Kier molecular flexibility index (Phi) is 9.36. The molecule has 4 rings (SSSR count). The third kappa shape index (κ3) is 8.23. The van der Waals surface area contributed by atoms with Crippen LogP contribution in [0, 0.1) is 5.41 Å². The van der Waals surface area contributed by atoms with E-state index in [-0.39, 0.29) is 11.5 Å². The van der Waals surface area contributed by atoms with Gasteiger partial charge in [-0.2, -0.15) is 0 Å². The molecular formula is C31H51N3O4Si. The molecule has 2 aliphatic rings. The van der Waals surface area contributed by atoms with Crippen molar-refractivity contribution in [2.24, 2.45) is 5.41 Å². The molecule has 0 aromatic carbocycles. The molecule has 1 saturated carbocycles. The molecule has 0 atom stereocenters. The van der Waals surface area contributed by atoms with Crippen molar-refractivity contribution in [1.82, 2.24) is 14.5 Å². The Morgan fingerprint density at radius 2 is 1.82 bits per heavy atom. The minimum atomic E-state index is -1.12. The van der Waals surface area contributed by atoms with Crippen LogP contribution in [0.3, 0.4) is 0 Å². The zero-order chi connectivity index (χ0) is 28.3. The molecule has 1 amide bonds. The quantitative estimate of drug-likeness (QED) is 0.232. The van der Waals surface area contributed by atoms with Crippen LogP contribution < -0.4 is 4.74 Å². The molecule has 2 aromatic heterocycles. The topological polar surface area (TPSA) is 65.8 Å². The summed E-state index contributed by atoms with van der Waals surface area (Å²) in [4.78, 5) is 19.3. The summed E-state index contributed by atoms with van der Waals surface area (Å²) >= 11 is 0. The van der Waals surface area contributed by atoms with E-state index in [0.717, 1.165) is 42.3 Å². The van der Waals surface area contributed by atoms with Gasteiger partial charge in [0.25, 0.3) is 0 Å². The monoisotopic (exact) mass is 557 g/mol. The molecule has 218 valence electrons. The van der Waals surface area contributed by atoms with E-state index in [4.69, 9.17) is 19.2 Å². The van der Waals surface area contributed by atoms with Crippen LogP contribution in [0.1, 0.15) is 84.1 Å². The van der Waals surface area contributed by atoms with Gasteiger partial charge >= 0.3 is 6.09 Å². The maximum atomic E-state index is 12.6. The number of amides is 1. The van der Waals surface area contributed by atoms with Crippen molar-refractivity contribution in [1.29, 1.82) is 0 Å². The smallest absolute Gasteiger partial charge is 0.410 e. The molecule has 0 radical (unpaired) electrons. The second kappa shape index (κ2) is 12.2. The fourth-order valence-electron chi connectivity index (χ4n) is 5.59. The Hall–Kier alpha value is -2.06. The van der Waals surface area contributed by atoms with Crippen LogP contribution in [0.25, 0.3) is 11.0 Å². The summed E-state index contributed by atoms with van der Waals surface area (Å²) in [7, 11) is -1.12. The van der Waals surface area contributed by atoms with Gasteiger partial charge in [0.15, 0.2) is 0 Å². The van der Waals surface area contributed by atoms with Crippen molar-refractivity contribution >= 4 is 25.2 Å². The Morgan fingerprint density at radius 3 is 2.46 bits per heavy atom. The van der Waals surface area contributed by atoms with Gasteiger partial charge in [0.05, 0.1) is 12.0 Å². The number of aromatic nitrogens is 2. The lowest BCUT2D eigenvalue weighted by atomic mass is 9.81. The van der Waals surface area contributed by atoms with E-state index in [1.54, 1.807) is 0 Å². The summed E-state index contributed by atoms with van der Waals surface area (Å²) in [5, 5.41) is 1.08. The van der Waals surface area contributed by atoms with Crippen LogP contribution >= 0.6 is 0 Å². The van der Waals surface area contributed by atoms with Crippen molar-refractivity contribution in [3.63, 3.8) is 0 Å². The van der Waals surface area contributed by atoms with E-state index in [1.165, 1.54) is 37.7 Å². The Balaban J connectivity index is 1.48. The number of hydrogen-bond donors (Lipinski definition) is 0. The van der Waals surface area contributed by atoms with E-state index in [2.05, 4.69) is 49.6 Å². The molecule has 0 unspecified atom stereocenters. The highest BCUT2D eigenvalue weighted by Gasteiger charge is 2.35. The number of ether oxygens (including phenoxy) is 3. The second-order valence-corrected chi connectivity index (χ2v) is 19.9. The normalized spacial score (nSPS) is 18.9. The highest BCUT2D eigenvalue weighted by molar-refractivity contribution is 6.76. The Bertz CT molecular complexity index is 1100. The van der Waals surface area contributed by atoms with Crippen LogP contribution in [-0.4, -0.2) is 60.5 Å². The predicted molar refractivity (Wildman–Crippen MR) is 160 cm³/mol. The fourth-order valence-corrected chi connectivity index (χ4v) is 6.34. The first kappa shape index (κ1) is 29.9. The highest BCUT2D eigenvalue weighted by atomic mass is 28.3. The van der Waals surface area contributed by atoms with Gasteiger partial charge in [-0.05, 0) is 64.5 Å². The van der Waals surface area contributed by atoms with Crippen LogP contribution in [0.15, 0.2) is 18.5 Å². The number of pyridine rings is 1. The van der Waals surface area contributed by atoms with E-state index in [1.807, 2.05) is 25.7 Å². The number of hydrogen-bond acceptors (Lipinski definition) is 5. The summed E-state index contributed by atoms with van der Waals surface area (Å²) in [6.45, 7) is 18.5. The Morgan fingerprint density at radius 1 is 1.13 bits per heavy atom. The maximum Gasteiger partial charge on any atom is 0.410 e. The van der Waals surface area contributed by atoms with Crippen molar-refractivity contribution in [2.45, 2.75) is 117 Å². The van der Waals surface area contributed by atoms with Gasteiger partial charge in [0.1, 0.15) is 23.7 Å². The largest absolute Gasteiger partial charge is 0.492 e. The van der Waals surface area contributed by atoms with Gasteiger partial charge in [0, 0.05) is 51.1 Å². The van der Waals surface area contributed by atoms with Crippen LogP contribution in [0.4, 0.5) is 4.79 Å². The number of carbonyl (C=O) groups excluding carboxylic acids is 1. The lowest BCUT2D eigenvalue weighted by molar-refractivity contribution is 0.00595. The third-order valence-electron chi connectivity index (χ3n) is 8.23. The van der Waals surface area contributed by atoms with Crippen molar-refractivity contribution < 1.29 is 19.0 Å². The van der Waals surface area contributed by atoms with Crippen molar-refractivity contribution in [3.8, 4) is 5.75 Å². The lowest BCUT2D eigenvalue weighted by Gasteiger charge is -2.39. The number of nitrogens with zero attached hydrogens (tertiary/aromatic N) is 3. The van der Waals surface area contributed by atoms with Gasteiger partial charge in [-0.25, -0.2) is 9.78 Å². The molecule has 2 aromatic rings. The lowest BCUT2D eigenvalue weighted by Crippen LogP contribution is -2.46. The van der Waals surface area contributed by atoms with E-state index in [9.17, 15) is 4.79 Å². The second-order valence-electron chi connectivity index (χ2n) is 14.3. The Labute approximate surface area is 236 Å². The van der Waals surface area contributed by atoms with Gasteiger partial charge in [-0.1, -0.05) is 45.8 Å². The number of piperidine rings is 1. The van der Waals surface area contributed by atoms with Crippen molar-refractivity contribution in [3.05, 3.63) is 24.0 Å². The fraction of sp³-hybridized carbons (Fsp3) is 0.742. The summed E-state index contributed by atoms with van der Waals surface area (Å²) in [5.74, 6) is 1.51. The molecule has 2 fully saturated rings. The molecule has 0 N–H and O–H groups in total. The first-order chi connectivity index (χ1) is 18.3. The standard InChI is InChI=1S/C31H51N3O4Si/c1-30(2,3)38-29(35)33-17-14-31(4,15-18-33)22-37-27-25-13-16-34(23-36-19-20-39(5,6)7)28(25)32-21-26(27)24-11-9-8-10-12-24/h13,16,21,24H,8-12,14-15,17-20,22-23H2,1-7H3. The number of fused-ring (bicyclic) bond motifs is 1. The first-order valence-electron chi connectivity index (χ1n) is 15.0. The zero-order valence-electron chi connectivity index (χ0n) is 25.5. The summed E-state index contributed by atoms with van der Waals surface area (Å²) in [6.07, 6.45) is 12.0. The summed E-state index contributed by atoms with van der Waals surface area (Å²) in [5.41, 5.74) is 1.72. The predicted octanol–water partition coefficient (Wildman–Crippen LogP) is 7.81. The van der Waals surface area contributed by atoms with Crippen LogP contribution in [0.2, 0.25) is 25.7 Å². The molecule has 1 saturated heterocycles. The molecular weight excluding hydrogens is 506 g/mol. The van der Waals surface area contributed by atoms with Gasteiger partial charge < -0.3 is 23.7 Å². The van der Waals surface area contributed by atoms with Gasteiger partial charge in [-0.15, -0.1) is 0 Å². The van der Waals surface area contributed by atoms with E-state index in [0.29, 0.717) is 32.3 Å². The maximum absolute atomic E-state index is 12.6. The summed E-state index contributed by atoms with van der Waals surface area (Å²) < 4.78 is 20.5. The zero-order valence-corrected chi connectivity index (χ0v) is 26.5. The van der Waals surface area contributed by atoms with Gasteiger partial charge in [0.2, 0.25) is 0 Å². The van der Waals surface area contributed by atoms with E-state index >= 15 is 0 Å². The van der Waals surface area contributed by atoms with E-state index < -0.39 is 13.7 Å². The molecule has 0 bridgehead atoms. The van der Waals surface area contributed by atoms with Gasteiger partial charge in [-0.3, -0.25) is 0 Å². The first-order valence-corrected chi connectivity index (χ1v) is 18.7. The highest BCUT2D eigenvalue weighted by Crippen LogP contribution is 2.42. The molecule has 7 nitrogen and oxygen atoms in total. The number of rotatable bonds is 9. The molecule has 1 aliphatic heterocycles. The molecule has 0 spiro atoms. The number of carbonyl (C=O) groups is 1. The molecule has 8 heteroatoms. The average Bonchev–Trinajstić information content (AvgIpc) is 3.28. The van der Waals surface area contributed by atoms with Crippen LogP contribution in [-0.2, 0) is 16.2 Å². The number of likely N-dealkylation sites (tertiary alicyclic amines) is 1. The average molecular weight is 558 g/mol. The molecule has 39 heavy (non-hydrogen) atoms. The minimum absolute atomic E-state index is 0.000458. The molecule has 1 aliphatic carbocycles. The van der Waals surface area contributed by atoms with Crippen molar-refractivity contribution in [2.75, 3.05) is 26.3 Å². The SMILES string of the molecule is CC1(COc2c(C3CCCCC3)cnc3c2ccn3COCC[Si](C)(C)C)CCN(C(=O)OC(C)(C)C)CC1. The van der Waals surface area contributed by atoms with Crippen LogP contribution in [0.5, 0.6) is 5.75 Å². The molecule has 3 heterocycles.